The fraction of sp³-hybridized carbons (Fsp3) is 0.529. The van der Waals surface area contributed by atoms with Crippen molar-refractivity contribution in [3.63, 3.8) is 0 Å². The van der Waals surface area contributed by atoms with Crippen molar-refractivity contribution in [3.05, 3.63) is 24.3 Å². The van der Waals surface area contributed by atoms with E-state index in [2.05, 4.69) is 10.1 Å². The van der Waals surface area contributed by atoms with Crippen molar-refractivity contribution >= 4 is 17.5 Å². The molecule has 0 saturated carbocycles. The Kier molecular flexibility index (Phi) is 6.84. The number of hydrogen-bond acceptors (Lipinski definition) is 4. The highest BCUT2D eigenvalue weighted by Gasteiger charge is 2.35. The van der Waals surface area contributed by atoms with Crippen molar-refractivity contribution in [1.82, 2.24) is 5.32 Å². The molecule has 2 amide bonds. The molecule has 1 aromatic carbocycles. The maximum Gasteiger partial charge on any atom is 0.573 e. The van der Waals surface area contributed by atoms with Crippen LogP contribution in [0.5, 0.6) is 5.75 Å². The largest absolute Gasteiger partial charge is 0.573 e. The second kappa shape index (κ2) is 8.88. The van der Waals surface area contributed by atoms with Crippen LogP contribution in [-0.4, -0.2) is 44.0 Å². The molecule has 26 heavy (non-hydrogen) atoms. The number of halogens is 3. The lowest BCUT2D eigenvalue weighted by Crippen LogP contribution is -2.41. The minimum atomic E-state index is -4.80. The molecule has 1 heterocycles. The van der Waals surface area contributed by atoms with Crippen molar-refractivity contribution < 1.29 is 32.2 Å². The summed E-state index contributed by atoms with van der Waals surface area (Å²) in [7, 11) is 0. The summed E-state index contributed by atoms with van der Waals surface area (Å²) < 4.78 is 46.0. The van der Waals surface area contributed by atoms with E-state index in [-0.39, 0.29) is 18.2 Å². The van der Waals surface area contributed by atoms with E-state index in [0.29, 0.717) is 38.3 Å². The SMILES string of the molecule is CCOCCCC(=O)N[C@H]1CCN(c2cccc(OC(F)(F)F)c2)C1=O. The molecule has 0 bridgehead atoms. The van der Waals surface area contributed by atoms with Crippen molar-refractivity contribution in [2.24, 2.45) is 0 Å². The Bertz CT molecular complexity index is 637. The van der Waals surface area contributed by atoms with Crippen LogP contribution in [0, 0.1) is 0 Å². The molecular formula is C17H21F3N2O4. The standard InChI is InChI=1S/C17H21F3N2O4/c1-2-25-10-4-7-15(23)21-14-8-9-22(16(14)24)12-5-3-6-13(11-12)26-17(18,19)20/h3,5-6,11,14H,2,4,7-10H2,1H3,(H,21,23)/t14-/m0/s1. The molecule has 1 aliphatic rings. The minimum absolute atomic E-state index is 0.249. The van der Waals surface area contributed by atoms with Gasteiger partial charge in [0, 0.05) is 37.9 Å². The summed E-state index contributed by atoms with van der Waals surface area (Å²) in [5.74, 6) is -1.00. The highest BCUT2D eigenvalue weighted by atomic mass is 19.4. The van der Waals surface area contributed by atoms with E-state index < -0.39 is 18.2 Å². The molecular weight excluding hydrogens is 353 g/mol. The summed E-state index contributed by atoms with van der Waals surface area (Å²) in [6, 6.07) is 4.53. The fourth-order valence-corrected chi connectivity index (χ4v) is 2.66. The number of amides is 2. The summed E-state index contributed by atoms with van der Waals surface area (Å²) >= 11 is 0. The zero-order valence-electron chi connectivity index (χ0n) is 14.3. The van der Waals surface area contributed by atoms with Gasteiger partial charge in [0.15, 0.2) is 0 Å². The molecule has 1 saturated heterocycles. The molecule has 1 atom stereocenters. The predicted molar refractivity (Wildman–Crippen MR) is 87.8 cm³/mol. The molecule has 1 aliphatic heterocycles. The highest BCUT2D eigenvalue weighted by molar-refractivity contribution is 6.01. The van der Waals surface area contributed by atoms with Gasteiger partial charge in [-0.25, -0.2) is 0 Å². The maximum absolute atomic E-state index is 12.4. The number of rotatable bonds is 8. The maximum atomic E-state index is 12.4. The summed E-state index contributed by atoms with van der Waals surface area (Å²) in [6.07, 6.45) is -3.61. The first-order valence-corrected chi connectivity index (χ1v) is 8.34. The van der Waals surface area contributed by atoms with Crippen LogP contribution in [-0.2, 0) is 14.3 Å². The molecule has 1 fully saturated rings. The van der Waals surface area contributed by atoms with Crippen LogP contribution in [0.2, 0.25) is 0 Å². The lowest BCUT2D eigenvalue weighted by atomic mass is 10.2. The van der Waals surface area contributed by atoms with Crippen molar-refractivity contribution in [3.8, 4) is 5.75 Å². The molecule has 9 heteroatoms. The summed E-state index contributed by atoms with van der Waals surface area (Å²) in [6.45, 7) is 3.22. The number of ether oxygens (including phenoxy) is 2. The van der Waals surface area contributed by atoms with Gasteiger partial charge in [-0.3, -0.25) is 9.59 Å². The van der Waals surface area contributed by atoms with Gasteiger partial charge in [-0.1, -0.05) is 6.07 Å². The van der Waals surface area contributed by atoms with E-state index in [1.165, 1.54) is 17.0 Å². The predicted octanol–water partition coefficient (Wildman–Crippen LogP) is 2.62. The van der Waals surface area contributed by atoms with Crippen LogP contribution in [0.1, 0.15) is 26.2 Å². The van der Waals surface area contributed by atoms with E-state index in [9.17, 15) is 22.8 Å². The van der Waals surface area contributed by atoms with Crippen LogP contribution in [0.3, 0.4) is 0 Å². The molecule has 0 aromatic heterocycles. The number of carbonyl (C=O) groups excluding carboxylic acids is 2. The molecule has 0 spiro atoms. The lowest BCUT2D eigenvalue weighted by molar-refractivity contribution is -0.274. The lowest BCUT2D eigenvalue weighted by Gasteiger charge is -2.18. The van der Waals surface area contributed by atoms with Gasteiger partial charge < -0.3 is 19.7 Å². The van der Waals surface area contributed by atoms with Gasteiger partial charge in [0.1, 0.15) is 11.8 Å². The molecule has 1 aromatic rings. The number of anilines is 1. The normalized spacial score (nSPS) is 17.5. The molecule has 6 nitrogen and oxygen atoms in total. The van der Waals surface area contributed by atoms with Crippen molar-refractivity contribution in [2.75, 3.05) is 24.7 Å². The average Bonchev–Trinajstić information content (AvgIpc) is 2.91. The van der Waals surface area contributed by atoms with Crippen LogP contribution in [0.25, 0.3) is 0 Å². The van der Waals surface area contributed by atoms with Gasteiger partial charge in [-0.15, -0.1) is 13.2 Å². The van der Waals surface area contributed by atoms with Crippen LogP contribution in [0.4, 0.5) is 18.9 Å². The van der Waals surface area contributed by atoms with Gasteiger partial charge in [0.25, 0.3) is 0 Å². The van der Waals surface area contributed by atoms with Crippen LogP contribution in [0.15, 0.2) is 24.3 Å². The number of alkyl halides is 3. The minimum Gasteiger partial charge on any atom is -0.406 e. The zero-order chi connectivity index (χ0) is 19.2. The van der Waals surface area contributed by atoms with Crippen molar-refractivity contribution in [1.29, 1.82) is 0 Å². The first kappa shape index (κ1) is 20.0. The Labute approximate surface area is 149 Å². The van der Waals surface area contributed by atoms with Crippen LogP contribution >= 0.6 is 0 Å². The Balaban J connectivity index is 1.92. The van der Waals surface area contributed by atoms with Gasteiger partial charge in [0.05, 0.1) is 0 Å². The fourth-order valence-electron chi connectivity index (χ4n) is 2.66. The number of carbonyl (C=O) groups is 2. The second-order valence-corrected chi connectivity index (χ2v) is 5.74. The quantitative estimate of drug-likeness (QED) is 0.711. The van der Waals surface area contributed by atoms with Crippen LogP contribution < -0.4 is 15.0 Å². The first-order chi connectivity index (χ1) is 12.3. The smallest absolute Gasteiger partial charge is 0.406 e. The van der Waals surface area contributed by atoms with Crippen molar-refractivity contribution in [2.45, 2.75) is 38.6 Å². The monoisotopic (exact) mass is 374 g/mol. The summed E-state index contributed by atoms with van der Waals surface area (Å²) in [4.78, 5) is 25.7. The zero-order valence-corrected chi connectivity index (χ0v) is 14.3. The molecule has 0 aliphatic carbocycles. The Morgan fingerprint density at radius 3 is 2.85 bits per heavy atom. The molecule has 1 N–H and O–H groups in total. The van der Waals surface area contributed by atoms with E-state index in [4.69, 9.17) is 4.74 Å². The molecule has 0 radical (unpaired) electrons. The third kappa shape index (κ3) is 5.91. The van der Waals surface area contributed by atoms with Gasteiger partial charge in [0.2, 0.25) is 11.8 Å². The number of nitrogens with one attached hydrogen (secondary N) is 1. The highest BCUT2D eigenvalue weighted by Crippen LogP contribution is 2.29. The number of hydrogen-bond donors (Lipinski definition) is 1. The van der Waals surface area contributed by atoms with Gasteiger partial charge in [-0.2, -0.15) is 0 Å². The van der Waals surface area contributed by atoms with E-state index in [0.717, 1.165) is 12.1 Å². The summed E-state index contributed by atoms with van der Waals surface area (Å²) in [5.41, 5.74) is 0.296. The summed E-state index contributed by atoms with van der Waals surface area (Å²) in [5, 5.41) is 2.66. The second-order valence-electron chi connectivity index (χ2n) is 5.74. The molecule has 0 unspecified atom stereocenters. The molecule has 2 rings (SSSR count). The van der Waals surface area contributed by atoms with Gasteiger partial charge in [-0.05, 0) is 31.9 Å². The van der Waals surface area contributed by atoms with Gasteiger partial charge >= 0.3 is 6.36 Å². The third-order valence-electron chi connectivity index (χ3n) is 3.80. The third-order valence-corrected chi connectivity index (χ3v) is 3.80. The number of nitrogens with zero attached hydrogens (tertiary/aromatic N) is 1. The Hall–Kier alpha value is -2.29. The number of benzene rings is 1. The topological polar surface area (TPSA) is 67.9 Å². The van der Waals surface area contributed by atoms with E-state index >= 15 is 0 Å². The Morgan fingerprint density at radius 2 is 2.15 bits per heavy atom. The van der Waals surface area contributed by atoms with E-state index in [1.54, 1.807) is 0 Å². The first-order valence-electron chi connectivity index (χ1n) is 8.34. The van der Waals surface area contributed by atoms with E-state index in [1.807, 2.05) is 6.92 Å². The average molecular weight is 374 g/mol. The molecule has 144 valence electrons. The Morgan fingerprint density at radius 1 is 1.38 bits per heavy atom.